The number of rotatable bonds is 8. The van der Waals surface area contributed by atoms with E-state index in [9.17, 15) is 23.1 Å². The maximum Gasteiger partial charge on any atom is 0.274 e. The largest absolute Gasteiger partial charge is 0.476 e. The molecule has 1 aromatic carbocycles. The van der Waals surface area contributed by atoms with Gasteiger partial charge in [0.1, 0.15) is 40.9 Å². The molecule has 0 radical (unpaired) electrons. The zero-order valence-electron chi connectivity index (χ0n) is 16.1. The number of hydrogen-bond donors (Lipinski definition) is 3. The average Bonchev–Trinajstić information content (AvgIpc) is 2.76. The van der Waals surface area contributed by atoms with Gasteiger partial charge in [0, 0.05) is 12.5 Å². The van der Waals surface area contributed by atoms with Crippen LogP contribution >= 0.6 is 0 Å². The minimum absolute atomic E-state index is 0.0118. The van der Waals surface area contributed by atoms with Crippen molar-refractivity contribution in [1.29, 1.82) is 0 Å². The highest BCUT2D eigenvalue weighted by molar-refractivity contribution is 6.03. The van der Waals surface area contributed by atoms with Gasteiger partial charge in [-0.2, -0.15) is 4.98 Å². The molecule has 162 valence electrons. The van der Waals surface area contributed by atoms with Crippen LogP contribution in [0.4, 0.5) is 18.9 Å². The third-order valence-corrected chi connectivity index (χ3v) is 4.25. The van der Waals surface area contributed by atoms with E-state index >= 15 is 0 Å². The SMILES string of the molecule is NCC(CO)COc1ncncc1NC(=O)c1ccc(F)c(-c2c(F)cccc2F)n1. The lowest BCUT2D eigenvalue weighted by molar-refractivity contribution is 0.102. The smallest absolute Gasteiger partial charge is 0.274 e. The highest BCUT2D eigenvalue weighted by Crippen LogP contribution is 2.27. The number of nitrogens with one attached hydrogen (secondary N) is 1. The van der Waals surface area contributed by atoms with Gasteiger partial charge in [0.15, 0.2) is 0 Å². The maximum absolute atomic E-state index is 14.2. The van der Waals surface area contributed by atoms with E-state index in [1.165, 1.54) is 12.5 Å². The number of carbonyl (C=O) groups is 1. The number of anilines is 1. The van der Waals surface area contributed by atoms with E-state index < -0.39 is 34.6 Å². The molecule has 3 rings (SSSR count). The summed E-state index contributed by atoms with van der Waals surface area (Å²) >= 11 is 0. The number of aromatic nitrogens is 3. The van der Waals surface area contributed by atoms with Crippen LogP contribution in [0.5, 0.6) is 5.88 Å². The van der Waals surface area contributed by atoms with Crippen molar-refractivity contribution in [1.82, 2.24) is 15.0 Å². The molecule has 0 bridgehead atoms. The normalized spacial score (nSPS) is 11.8. The van der Waals surface area contributed by atoms with Crippen molar-refractivity contribution in [2.45, 2.75) is 0 Å². The van der Waals surface area contributed by atoms with E-state index in [1.807, 2.05) is 0 Å². The van der Waals surface area contributed by atoms with Crippen LogP contribution in [-0.2, 0) is 0 Å². The molecular formula is C20H18F3N5O3. The molecule has 8 nitrogen and oxygen atoms in total. The zero-order valence-corrected chi connectivity index (χ0v) is 16.1. The topological polar surface area (TPSA) is 123 Å². The lowest BCUT2D eigenvalue weighted by Gasteiger charge is -2.15. The molecule has 0 saturated carbocycles. The van der Waals surface area contributed by atoms with Crippen molar-refractivity contribution in [3.05, 3.63) is 66.0 Å². The van der Waals surface area contributed by atoms with Crippen LogP contribution in [0, 0.1) is 23.4 Å². The van der Waals surface area contributed by atoms with Crippen LogP contribution in [0.1, 0.15) is 10.5 Å². The van der Waals surface area contributed by atoms with E-state index in [0.717, 1.165) is 30.3 Å². The summed E-state index contributed by atoms with van der Waals surface area (Å²) in [5, 5.41) is 11.7. The van der Waals surface area contributed by atoms with Gasteiger partial charge in [-0.15, -0.1) is 0 Å². The molecule has 0 saturated heterocycles. The summed E-state index contributed by atoms with van der Waals surface area (Å²) in [6.45, 7) is 0.0225. The molecular weight excluding hydrogens is 415 g/mol. The highest BCUT2D eigenvalue weighted by atomic mass is 19.1. The molecule has 3 aromatic rings. The fourth-order valence-corrected chi connectivity index (χ4v) is 2.57. The molecule has 1 unspecified atom stereocenters. The molecule has 2 aromatic heterocycles. The Kier molecular flexibility index (Phi) is 7.11. The van der Waals surface area contributed by atoms with Gasteiger partial charge in [-0.3, -0.25) is 4.79 Å². The van der Waals surface area contributed by atoms with Crippen LogP contribution in [0.2, 0.25) is 0 Å². The van der Waals surface area contributed by atoms with Gasteiger partial charge >= 0.3 is 0 Å². The lowest BCUT2D eigenvalue weighted by atomic mass is 10.1. The predicted molar refractivity (Wildman–Crippen MR) is 105 cm³/mol. The molecule has 11 heteroatoms. The molecule has 0 aliphatic rings. The molecule has 2 heterocycles. The molecule has 0 aliphatic heterocycles. The zero-order chi connectivity index (χ0) is 22.4. The Morgan fingerprint density at radius 2 is 1.90 bits per heavy atom. The molecule has 31 heavy (non-hydrogen) atoms. The fourth-order valence-electron chi connectivity index (χ4n) is 2.57. The predicted octanol–water partition coefficient (Wildman–Crippen LogP) is 2.15. The summed E-state index contributed by atoms with van der Waals surface area (Å²) in [6.07, 6.45) is 2.45. The minimum atomic E-state index is -1.02. The monoisotopic (exact) mass is 433 g/mol. The number of ether oxygens (including phenoxy) is 1. The molecule has 0 spiro atoms. The van der Waals surface area contributed by atoms with E-state index in [0.29, 0.717) is 0 Å². The van der Waals surface area contributed by atoms with Crippen LogP contribution in [0.15, 0.2) is 42.9 Å². The second-order valence-electron chi connectivity index (χ2n) is 6.41. The van der Waals surface area contributed by atoms with Gasteiger partial charge in [0.2, 0.25) is 5.88 Å². The molecule has 1 atom stereocenters. The van der Waals surface area contributed by atoms with Gasteiger partial charge in [-0.1, -0.05) is 6.07 Å². The third-order valence-electron chi connectivity index (χ3n) is 4.25. The van der Waals surface area contributed by atoms with Crippen molar-refractivity contribution in [2.75, 3.05) is 25.1 Å². The lowest BCUT2D eigenvalue weighted by Crippen LogP contribution is -2.25. The number of hydrogen-bond acceptors (Lipinski definition) is 7. The summed E-state index contributed by atoms with van der Waals surface area (Å²) in [6, 6.07) is 4.99. The Hall–Kier alpha value is -3.57. The maximum atomic E-state index is 14.2. The van der Waals surface area contributed by atoms with Crippen LogP contribution < -0.4 is 15.8 Å². The Labute approximate surface area is 174 Å². The van der Waals surface area contributed by atoms with Crippen molar-refractivity contribution in [3.63, 3.8) is 0 Å². The van der Waals surface area contributed by atoms with Crippen molar-refractivity contribution >= 4 is 11.6 Å². The Morgan fingerprint density at radius 3 is 2.58 bits per heavy atom. The Morgan fingerprint density at radius 1 is 1.16 bits per heavy atom. The number of nitrogens with zero attached hydrogens (tertiary/aromatic N) is 3. The van der Waals surface area contributed by atoms with Crippen molar-refractivity contribution in [2.24, 2.45) is 11.7 Å². The fraction of sp³-hybridized carbons (Fsp3) is 0.200. The summed E-state index contributed by atoms with van der Waals surface area (Å²) < 4.78 is 47.8. The number of nitrogens with two attached hydrogens (primary N) is 1. The van der Waals surface area contributed by atoms with E-state index in [-0.39, 0.29) is 42.9 Å². The first-order valence-corrected chi connectivity index (χ1v) is 9.10. The van der Waals surface area contributed by atoms with Gasteiger partial charge < -0.3 is 20.9 Å². The molecule has 4 N–H and O–H groups in total. The number of amides is 1. The molecule has 0 aliphatic carbocycles. The quantitative estimate of drug-likeness (QED) is 0.497. The van der Waals surface area contributed by atoms with Gasteiger partial charge in [0.05, 0.1) is 25.0 Å². The average molecular weight is 433 g/mol. The Bertz CT molecular complexity index is 1060. The van der Waals surface area contributed by atoms with Crippen LogP contribution in [0.3, 0.4) is 0 Å². The first-order chi connectivity index (χ1) is 14.9. The number of pyridine rings is 1. The summed E-state index contributed by atoms with van der Waals surface area (Å²) in [5.74, 6) is -4.17. The van der Waals surface area contributed by atoms with Gasteiger partial charge in [-0.05, 0) is 24.3 Å². The standard InChI is InChI=1S/C20H18F3N5O3/c21-12-2-1-3-13(22)17(12)18-14(23)4-5-15(27-18)19(30)28-16-7-25-10-26-20(16)31-9-11(6-24)8-29/h1-5,7,10-11,29H,6,8-9,24H2,(H,28,30). The van der Waals surface area contributed by atoms with Crippen LogP contribution in [-0.4, -0.2) is 45.7 Å². The van der Waals surface area contributed by atoms with Crippen molar-refractivity contribution in [3.8, 4) is 17.1 Å². The number of aliphatic hydroxyl groups excluding tert-OH is 1. The Balaban J connectivity index is 1.86. The third kappa shape index (κ3) is 5.13. The van der Waals surface area contributed by atoms with Gasteiger partial charge in [0.25, 0.3) is 5.91 Å². The first kappa shape index (κ1) is 22.1. The van der Waals surface area contributed by atoms with E-state index in [1.54, 1.807) is 0 Å². The minimum Gasteiger partial charge on any atom is -0.476 e. The summed E-state index contributed by atoms with van der Waals surface area (Å²) in [7, 11) is 0. The number of benzene rings is 1. The summed E-state index contributed by atoms with van der Waals surface area (Å²) in [4.78, 5) is 24.1. The number of carbonyl (C=O) groups excluding carboxylic acids is 1. The second-order valence-corrected chi connectivity index (χ2v) is 6.41. The highest BCUT2D eigenvalue weighted by Gasteiger charge is 2.20. The van der Waals surface area contributed by atoms with Crippen molar-refractivity contribution < 1.29 is 27.8 Å². The second kappa shape index (κ2) is 9.96. The summed E-state index contributed by atoms with van der Waals surface area (Å²) in [5.41, 5.74) is 3.95. The molecule has 0 fully saturated rings. The van der Waals surface area contributed by atoms with E-state index in [2.05, 4.69) is 20.3 Å². The first-order valence-electron chi connectivity index (χ1n) is 9.10. The number of aliphatic hydroxyl groups is 1. The van der Waals surface area contributed by atoms with E-state index in [4.69, 9.17) is 10.5 Å². The van der Waals surface area contributed by atoms with Gasteiger partial charge in [-0.25, -0.2) is 23.1 Å². The number of halogens is 3. The molecule has 1 amide bonds. The van der Waals surface area contributed by atoms with Crippen LogP contribution in [0.25, 0.3) is 11.3 Å².